The fourth-order valence-corrected chi connectivity index (χ4v) is 1.68. The molecular weight excluding hydrogens is 139 g/mol. The van der Waals surface area contributed by atoms with Gasteiger partial charge in [0.1, 0.15) is 0 Å². The Morgan fingerprint density at radius 1 is 1.33 bits per heavy atom. The van der Waals surface area contributed by atoms with E-state index >= 15 is 0 Å². The molecule has 1 saturated carbocycles. The summed E-state index contributed by atoms with van der Waals surface area (Å²) in [5.41, 5.74) is 0. The molecule has 0 aromatic carbocycles. The molecule has 0 bridgehead atoms. The molecule has 0 heterocycles. The molecule has 0 radical (unpaired) electrons. The topological polar surface area (TPSA) is 49.7 Å². The standard InChI is InChI=1S/C5H13O3P/c1-9(2,6,7)8-5-3-4-5/h5-7H,3-4H2,1-2H3. The zero-order chi connectivity index (χ0) is 7.15. The molecule has 0 aromatic heterocycles. The molecule has 0 spiro atoms. The van der Waals surface area contributed by atoms with Crippen LogP contribution in [0.5, 0.6) is 0 Å². The van der Waals surface area contributed by atoms with Crippen LogP contribution in [0.25, 0.3) is 0 Å². The van der Waals surface area contributed by atoms with Crippen LogP contribution in [0.4, 0.5) is 0 Å². The third-order valence-electron chi connectivity index (χ3n) is 0.979. The van der Waals surface area contributed by atoms with Crippen LogP contribution >= 0.6 is 7.28 Å². The molecule has 3 nitrogen and oxygen atoms in total. The molecular formula is C5H13O3P. The molecule has 9 heavy (non-hydrogen) atoms. The van der Waals surface area contributed by atoms with Gasteiger partial charge in [0.2, 0.25) is 0 Å². The van der Waals surface area contributed by atoms with Crippen molar-refractivity contribution in [3.63, 3.8) is 0 Å². The van der Waals surface area contributed by atoms with E-state index in [9.17, 15) is 0 Å². The average molecular weight is 152 g/mol. The summed E-state index contributed by atoms with van der Waals surface area (Å²) in [4.78, 5) is 18.3. The van der Waals surface area contributed by atoms with Gasteiger partial charge in [-0.15, -0.1) is 0 Å². The molecule has 2 N–H and O–H groups in total. The van der Waals surface area contributed by atoms with Crippen molar-refractivity contribution >= 4 is 7.28 Å². The van der Waals surface area contributed by atoms with Gasteiger partial charge in [0.25, 0.3) is 0 Å². The number of hydrogen-bond acceptors (Lipinski definition) is 3. The third kappa shape index (κ3) is 3.82. The maximum absolute atomic E-state index is 9.16. The van der Waals surface area contributed by atoms with Crippen molar-refractivity contribution in [2.75, 3.05) is 13.3 Å². The van der Waals surface area contributed by atoms with Gasteiger partial charge >= 0.3 is 53.9 Å². The van der Waals surface area contributed by atoms with Gasteiger partial charge in [-0.3, -0.25) is 0 Å². The average Bonchev–Trinajstić information content (AvgIpc) is 2.08. The molecule has 1 rings (SSSR count). The maximum atomic E-state index is 9.16. The van der Waals surface area contributed by atoms with E-state index in [2.05, 4.69) is 0 Å². The van der Waals surface area contributed by atoms with E-state index in [1.165, 1.54) is 13.3 Å². The summed E-state index contributed by atoms with van der Waals surface area (Å²) < 4.78 is 4.98. The minimum atomic E-state index is -3.61. The van der Waals surface area contributed by atoms with Crippen LogP contribution in [0, 0.1) is 0 Å². The van der Waals surface area contributed by atoms with Gasteiger partial charge < -0.3 is 0 Å². The summed E-state index contributed by atoms with van der Waals surface area (Å²) in [5.74, 6) is 0. The molecule has 1 aliphatic rings. The fourth-order valence-electron chi connectivity index (χ4n) is 0.605. The van der Waals surface area contributed by atoms with Crippen LogP contribution in [0.15, 0.2) is 0 Å². The molecule has 0 saturated heterocycles. The second-order valence-corrected chi connectivity index (χ2v) is 7.11. The van der Waals surface area contributed by atoms with Crippen LogP contribution in [0.2, 0.25) is 0 Å². The molecule has 0 unspecified atom stereocenters. The second kappa shape index (κ2) is 1.67. The van der Waals surface area contributed by atoms with Gasteiger partial charge in [-0.1, -0.05) is 0 Å². The summed E-state index contributed by atoms with van der Waals surface area (Å²) >= 11 is 0. The summed E-state index contributed by atoms with van der Waals surface area (Å²) in [6.07, 6.45) is 2.06. The molecule has 56 valence electrons. The molecule has 0 aromatic rings. The van der Waals surface area contributed by atoms with E-state index in [4.69, 9.17) is 14.3 Å². The Kier molecular flexibility index (Phi) is 1.38. The van der Waals surface area contributed by atoms with E-state index in [0.717, 1.165) is 12.8 Å². The monoisotopic (exact) mass is 152 g/mol. The van der Waals surface area contributed by atoms with E-state index in [1.54, 1.807) is 0 Å². The molecule has 0 aliphatic heterocycles. The Morgan fingerprint density at radius 3 is 1.89 bits per heavy atom. The van der Waals surface area contributed by atoms with Crippen molar-refractivity contribution < 1.29 is 14.3 Å². The van der Waals surface area contributed by atoms with Crippen LogP contribution < -0.4 is 0 Å². The Morgan fingerprint density at radius 2 is 1.78 bits per heavy atom. The summed E-state index contributed by atoms with van der Waals surface area (Å²) in [6.45, 7) is 2.73. The van der Waals surface area contributed by atoms with Gasteiger partial charge in [-0.2, -0.15) is 0 Å². The molecule has 0 amide bonds. The normalized spacial score (nSPS) is 25.1. The minimum absolute atomic E-state index is 0.118. The zero-order valence-electron chi connectivity index (χ0n) is 5.74. The Bertz CT molecular complexity index is 113. The first-order valence-corrected chi connectivity index (χ1v) is 5.98. The van der Waals surface area contributed by atoms with Crippen molar-refractivity contribution in [1.82, 2.24) is 0 Å². The van der Waals surface area contributed by atoms with Crippen LogP contribution in [0.3, 0.4) is 0 Å². The van der Waals surface area contributed by atoms with Crippen LogP contribution in [-0.2, 0) is 4.52 Å². The SMILES string of the molecule is CP(C)(O)(O)OC1CC1. The van der Waals surface area contributed by atoms with Crippen molar-refractivity contribution in [3.8, 4) is 0 Å². The zero-order valence-corrected chi connectivity index (χ0v) is 6.64. The Labute approximate surface area is 54.8 Å². The van der Waals surface area contributed by atoms with E-state index in [0.29, 0.717) is 0 Å². The van der Waals surface area contributed by atoms with Crippen molar-refractivity contribution in [1.29, 1.82) is 0 Å². The third-order valence-corrected chi connectivity index (χ3v) is 1.89. The first-order valence-electron chi connectivity index (χ1n) is 3.03. The van der Waals surface area contributed by atoms with Gasteiger partial charge in [-0.25, -0.2) is 0 Å². The summed E-state index contributed by atoms with van der Waals surface area (Å²) in [6, 6.07) is 0. The van der Waals surface area contributed by atoms with E-state index < -0.39 is 7.28 Å². The predicted molar refractivity (Wildman–Crippen MR) is 37.3 cm³/mol. The Balaban J connectivity index is 2.39. The Hall–Kier alpha value is 0.310. The van der Waals surface area contributed by atoms with Gasteiger partial charge in [0.05, 0.1) is 0 Å². The summed E-state index contributed by atoms with van der Waals surface area (Å²) in [5, 5.41) is 0. The van der Waals surface area contributed by atoms with Crippen molar-refractivity contribution in [2.45, 2.75) is 18.9 Å². The van der Waals surface area contributed by atoms with E-state index in [1.807, 2.05) is 0 Å². The second-order valence-electron chi connectivity index (χ2n) is 3.17. The van der Waals surface area contributed by atoms with E-state index in [-0.39, 0.29) is 6.10 Å². The predicted octanol–water partition coefficient (Wildman–Crippen LogP) is 0.708. The fraction of sp³-hybridized carbons (Fsp3) is 1.00. The molecule has 0 atom stereocenters. The van der Waals surface area contributed by atoms with Crippen LogP contribution in [0.1, 0.15) is 12.8 Å². The van der Waals surface area contributed by atoms with Gasteiger partial charge in [0, 0.05) is 0 Å². The number of rotatable bonds is 2. The molecule has 4 heteroatoms. The molecule has 1 aliphatic carbocycles. The summed E-state index contributed by atoms with van der Waals surface area (Å²) in [7, 11) is -3.61. The quantitative estimate of drug-likeness (QED) is 0.573. The van der Waals surface area contributed by atoms with Gasteiger partial charge in [-0.05, 0) is 0 Å². The first-order chi connectivity index (χ1) is 3.83. The van der Waals surface area contributed by atoms with Crippen molar-refractivity contribution in [3.05, 3.63) is 0 Å². The van der Waals surface area contributed by atoms with Crippen LogP contribution in [-0.4, -0.2) is 29.2 Å². The number of hydrogen-bond donors (Lipinski definition) is 2. The first kappa shape index (κ1) is 7.42. The van der Waals surface area contributed by atoms with Gasteiger partial charge in [0.15, 0.2) is 0 Å². The van der Waals surface area contributed by atoms with Crippen molar-refractivity contribution in [2.24, 2.45) is 0 Å². The molecule has 1 fully saturated rings.